The summed E-state index contributed by atoms with van der Waals surface area (Å²) in [7, 11) is 1.38. The lowest BCUT2D eigenvalue weighted by Gasteiger charge is -2.40. The number of esters is 1. The molecule has 0 aromatic heterocycles. The first-order valence-corrected chi connectivity index (χ1v) is 9.04. The minimum atomic E-state index is -0.475. The second kappa shape index (κ2) is 7.43. The number of rotatable bonds is 3. The Morgan fingerprint density at radius 2 is 1.63 bits per heavy atom. The van der Waals surface area contributed by atoms with Crippen molar-refractivity contribution in [3.05, 3.63) is 59.7 Å². The molecule has 0 atom stereocenters. The van der Waals surface area contributed by atoms with E-state index >= 15 is 0 Å². The molecule has 1 amide bonds. The Morgan fingerprint density at radius 1 is 1.00 bits per heavy atom. The minimum Gasteiger partial charge on any atom is -0.465 e. The number of ether oxygens (including phenoxy) is 2. The number of carbonyl (C=O) groups excluding carboxylic acids is 2. The SMILES string of the molecule is COC(=O)c1ccccc1-c1ccc(C2CN(C(=O)OC(C)(C)C)C2)cc1. The van der Waals surface area contributed by atoms with Crippen molar-refractivity contribution in [2.45, 2.75) is 32.3 Å². The van der Waals surface area contributed by atoms with Gasteiger partial charge in [0.1, 0.15) is 5.60 Å². The molecule has 27 heavy (non-hydrogen) atoms. The summed E-state index contributed by atoms with van der Waals surface area (Å²) in [6.07, 6.45) is -0.262. The third-order valence-electron chi connectivity index (χ3n) is 4.56. The predicted molar refractivity (Wildman–Crippen MR) is 104 cm³/mol. The summed E-state index contributed by atoms with van der Waals surface area (Å²) >= 11 is 0. The summed E-state index contributed by atoms with van der Waals surface area (Å²) in [5.74, 6) is -0.0379. The van der Waals surface area contributed by atoms with Crippen LogP contribution in [0, 0.1) is 0 Å². The maximum Gasteiger partial charge on any atom is 0.410 e. The zero-order valence-corrected chi connectivity index (χ0v) is 16.2. The van der Waals surface area contributed by atoms with E-state index in [0.29, 0.717) is 24.6 Å². The number of likely N-dealkylation sites (tertiary alicyclic amines) is 1. The minimum absolute atomic E-state index is 0.262. The number of nitrogens with zero attached hydrogens (tertiary/aromatic N) is 1. The smallest absolute Gasteiger partial charge is 0.410 e. The number of hydrogen-bond donors (Lipinski definition) is 0. The van der Waals surface area contributed by atoms with E-state index in [1.165, 1.54) is 12.7 Å². The lowest BCUT2D eigenvalue weighted by Crippen LogP contribution is -2.50. The molecule has 1 aliphatic heterocycles. The predicted octanol–water partition coefficient (Wildman–Crippen LogP) is 4.47. The topological polar surface area (TPSA) is 55.8 Å². The van der Waals surface area contributed by atoms with Crippen LogP contribution in [-0.2, 0) is 9.47 Å². The van der Waals surface area contributed by atoms with Gasteiger partial charge in [-0.05, 0) is 43.5 Å². The second-order valence-corrected chi connectivity index (χ2v) is 7.74. The Bertz CT molecular complexity index is 830. The van der Waals surface area contributed by atoms with E-state index in [2.05, 4.69) is 12.1 Å². The van der Waals surface area contributed by atoms with Gasteiger partial charge in [-0.25, -0.2) is 9.59 Å². The van der Waals surface area contributed by atoms with E-state index in [-0.39, 0.29) is 12.1 Å². The molecule has 2 aromatic carbocycles. The standard InChI is InChI=1S/C22H25NO4/c1-22(2,3)27-21(25)23-13-17(14-23)15-9-11-16(12-10-15)18-7-5-6-8-19(18)20(24)26-4/h5-12,17H,13-14H2,1-4H3. The van der Waals surface area contributed by atoms with Crippen LogP contribution in [0.4, 0.5) is 4.79 Å². The van der Waals surface area contributed by atoms with Gasteiger partial charge in [0, 0.05) is 19.0 Å². The zero-order valence-electron chi connectivity index (χ0n) is 16.2. The van der Waals surface area contributed by atoms with Crippen molar-refractivity contribution in [2.75, 3.05) is 20.2 Å². The van der Waals surface area contributed by atoms with E-state index in [4.69, 9.17) is 9.47 Å². The fourth-order valence-electron chi connectivity index (χ4n) is 3.12. The summed E-state index contributed by atoms with van der Waals surface area (Å²) in [5.41, 5.74) is 3.06. The molecule has 5 nitrogen and oxygen atoms in total. The Morgan fingerprint density at radius 3 is 2.22 bits per heavy atom. The molecule has 0 spiro atoms. The highest BCUT2D eigenvalue weighted by Crippen LogP contribution is 2.31. The van der Waals surface area contributed by atoms with Crippen LogP contribution in [0.1, 0.15) is 42.6 Å². The number of carbonyl (C=O) groups is 2. The van der Waals surface area contributed by atoms with Crippen LogP contribution in [0.15, 0.2) is 48.5 Å². The van der Waals surface area contributed by atoms with E-state index in [9.17, 15) is 9.59 Å². The van der Waals surface area contributed by atoms with Crippen molar-refractivity contribution in [2.24, 2.45) is 0 Å². The molecule has 0 saturated carbocycles. The Kier molecular flexibility index (Phi) is 5.22. The maximum absolute atomic E-state index is 12.0. The van der Waals surface area contributed by atoms with Crippen LogP contribution in [0.25, 0.3) is 11.1 Å². The molecule has 0 N–H and O–H groups in total. The third kappa shape index (κ3) is 4.30. The van der Waals surface area contributed by atoms with Crippen molar-refractivity contribution in [1.82, 2.24) is 4.90 Å². The number of amides is 1. The Hall–Kier alpha value is -2.82. The third-order valence-corrected chi connectivity index (χ3v) is 4.56. The fourth-order valence-corrected chi connectivity index (χ4v) is 3.12. The molecule has 1 heterocycles. The van der Waals surface area contributed by atoms with Crippen molar-refractivity contribution in [3.8, 4) is 11.1 Å². The molecule has 1 fully saturated rings. The quantitative estimate of drug-likeness (QED) is 0.751. The van der Waals surface area contributed by atoms with Gasteiger partial charge >= 0.3 is 12.1 Å². The highest BCUT2D eigenvalue weighted by Gasteiger charge is 2.34. The molecule has 0 aliphatic carbocycles. The van der Waals surface area contributed by atoms with Crippen LogP contribution in [-0.4, -0.2) is 42.8 Å². The molecule has 2 aromatic rings. The van der Waals surface area contributed by atoms with Gasteiger partial charge in [-0.3, -0.25) is 0 Å². The molecule has 0 radical (unpaired) electrons. The lowest BCUT2D eigenvalue weighted by atomic mass is 9.90. The number of benzene rings is 2. The van der Waals surface area contributed by atoms with Crippen LogP contribution in [0.5, 0.6) is 0 Å². The van der Waals surface area contributed by atoms with Crippen molar-refractivity contribution in [3.63, 3.8) is 0 Å². The highest BCUT2D eigenvalue weighted by atomic mass is 16.6. The maximum atomic E-state index is 12.0. The molecule has 5 heteroatoms. The first-order valence-electron chi connectivity index (χ1n) is 9.04. The second-order valence-electron chi connectivity index (χ2n) is 7.74. The van der Waals surface area contributed by atoms with Crippen molar-refractivity contribution in [1.29, 1.82) is 0 Å². The molecule has 1 aliphatic rings. The van der Waals surface area contributed by atoms with Gasteiger partial charge in [-0.1, -0.05) is 42.5 Å². The van der Waals surface area contributed by atoms with Gasteiger partial charge in [0.2, 0.25) is 0 Å². The molecule has 142 valence electrons. The molecule has 0 unspecified atom stereocenters. The Labute approximate surface area is 159 Å². The molecule has 3 rings (SSSR count). The lowest BCUT2D eigenvalue weighted by molar-refractivity contribution is 0.00818. The average Bonchev–Trinajstić information content (AvgIpc) is 2.59. The van der Waals surface area contributed by atoms with Crippen LogP contribution < -0.4 is 0 Å². The van der Waals surface area contributed by atoms with E-state index in [1.54, 1.807) is 11.0 Å². The Balaban J connectivity index is 1.68. The average molecular weight is 367 g/mol. The highest BCUT2D eigenvalue weighted by molar-refractivity contribution is 5.97. The van der Waals surface area contributed by atoms with Crippen molar-refractivity contribution >= 4 is 12.1 Å². The van der Waals surface area contributed by atoms with Crippen LogP contribution >= 0.6 is 0 Å². The van der Waals surface area contributed by atoms with Gasteiger partial charge in [0.25, 0.3) is 0 Å². The first-order chi connectivity index (χ1) is 12.8. The van der Waals surface area contributed by atoms with Gasteiger partial charge in [-0.15, -0.1) is 0 Å². The van der Waals surface area contributed by atoms with E-state index in [0.717, 1.165) is 11.1 Å². The van der Waals surface area contributed by atoms with Gasteiger partial charge in [0.15, 0.2) is 0 Å². The van der Waals surface area contributed by atoms with Crippen LogP contribution in [0.3, 0.4) is 0 Å². The number of hydrogen-bond acceptors (Lipinski definition) is 4. The monoisotopic (exact) mass is 367 g/mol. The molecule has 1 saturated heterocycles. The van der Waals surface area contributed by atoms with E-state index < -0.39 is 5.60 Å². The van der Waals surface area contributed by atoms with Crippen molar-refractivity contribution < 1.29 is 19.1 Å². The summed E-state index contributed by atoms with van der Waals surface area (Å²) in [4.78, 5) is 25.7. The number of methoxy groups -OCH3 is 1. The van der Waals surface area contributed by atoms with Gasteiger partial charge < -0.3 is 14.4 Å². The normalized spacial score (nSPS) is 14.4. The summed E-state index contributed by atoms with van der Waals surface area (Å²) < 4.78 is 10.3. The first kappa shape index (κ1) is 19.0. The molecular weight excluding hydrogens is 342 g/mol. The zero-order chi connectivity index (χ0) is 19.6. The summed E-state index contributed by atoms with van der Waals surface area (Å²) in [5, 5.41) is 0. The summed E-state index contributed by atoms with van der Waals surface area (Å²) in [6.45, 7) is 6.92. The fraction of sp³-hybridized carbons (Fsp3) is 0.364. The largest absolute Gasteiger partial charge is 0.465 e. The van der Waals surface area contributed by atoms with Gasteiger partial charge in [0.05, 0.1) is 12.7 Å². The van der Waals surface area contributed by atoms with E-state index in [1.807, 2.05) is 51.1 Å². The summed E-state index contributed by atoms with van der Waals surface area (Å²) in [6, 6.07) is 15.5. The van der Waals surface area contributed by atoms with Crippen LogP contribution in [0.2, 0.25) is 0 Å². The molecular formula is C22H25NO4. The van der Waals surface area contributed by atoms with Gasteiger partial charge in [-0.2, -0.15) is 0 Å². The molecule has 0 bridgehead atoms.